The summed E-state index contributed by atoms with van der Waals surface area (Å²) in [4.78, 5) is 11.1. The molecule has 3 heteroatoms. The summed E-state index contributed by atoms with van der Waals surface area (Å²) >= 11 is 1.24. The predicted octanol–water partition coefficient (Wildman–Crippen LogP) is 3.01. The van der Waals surface area contributed by atoms with Crippen molar-refractivity contribution < 1.29 is 4.42 Å². The van der Waals surface area contributed by atoms with E-state index in [2.05, 4.69) is 0 Å². The van der Waals surface area contributed by atoms with E-state index in [-0.39, 0.29) is 4.74 Å². The molecule has 0 spiro atoms. The topological polar surface area (TPSA) is 30.2 Å². The summed E-state index contributed by atoms with van der Waals surface area (Å²) in [7, 11) is 0. The zero-order valence-corrected chi connectivity index (χ0v) is 8.01. The van der Waals surface area contributed by atoms with Crippen LogP contribution in [0.25, 0.3) is 21.1 Å². The zero-order valence-electron chi connectivity index (χ0n) is 7.19. The maximum Gasteiger partial charge on any atom is 0.232 e. The van der Waals surface area contributed by atoms with Gasteiger partial charge in [-0.2, -0.15) is 0 Å². The van der Waals surface area contributed by atoms with Gasteiger partial charge in [0.2, 0.25) is 4.74 Å². The molecule has 0 fully saturated rings. The van der Waals surface area contributed by atoms with Gasteiger partial charge < -0.3 is 4.42 Å². The third-order valence-corrected chi connectivity index (χ3v) is 3.11. The number of furan rings is 1. The minimum absolute atomic E-state index is 0.0726. The van der Waals surface area contributed by atoms with E-state index in [9.17, 15) is 4.79 Å². The van der Waals surface area contributed by atoms with E-state index in [1.54, 1.807) is 12.3 Å². The molecule has 2 aromatic heterocycles. The fourth-order valence-electron chi connectivity index (χ4n) is 1.53. The van der Waals surface area contributed by atoms with Crippen molar-refractivity contribution in [2.45, 2.75) is 0 Å². The van der Waals surface area contributed by atoms with Gasteiger partial charge in [0.25, 0.3) is 0 Å². The van der Waals surface area contributed by atoms with E-state index >= 15 is 0 Å². The first kappa shape index (κ1) is 7.76. The molecule has 1 aromatic carbocycles. The number of hydrogen-bond donors (Lipinski definition) is 0. The van der Waals surface area contributed by atoms with Crippen molar-refractivity contribution in [3.63, 3.8) is 0 Å². The highest BCUT2D eigenvalue weighted by atomic mass is 32.1. The molecule has 0 saturated heterocycles. The molecule has 14 heavy (non-hydrogen) atoms. The maximum atomic E-state index is 11.1. The Bertz CT molecular complexity index is 663. The summed E-state index contributed by atoms with van der Waals surface area (Å²) < 4.78 is 6.32. The first-order chi connectivity index (χ1) is 6.83. The van der Waals surface area contributed by atoms with Crippen LogP contribution >= 0.6 is 11.3 Å². The molecule has 0 aliphatic heterocycles. The van der Waals surface area contributed by atoms with Crippen LogP contribution in [0.4, 0.5) is 0 Å². The second-order valence-corrected chi connectivity index (χ2v) is 4.15. The van der Waals surface area contributed by atoms with E-state index < -0.39 is 0 Å². The predicted molar refractivity (Wildman–Crippen MR) is 57.9 cm³/mol. The van der Waals surface area contributed by atoms with Crippen LogP contribution in [0.1, 0.15) is 0 Å². The Balaban J connectivity index is 2.56. The van der Waals surface area contributed by atoms with E-state index in [0.717, 1.165) is 21.1 Å². The average Bonchev–Trinajstić information content (AvgIpc) is 2.61. The van der Waals surface area contributed by atoms with Gasteiger partial charge in [-0.15, -0.1) is 0 Å². The number of fused-ring (bicyclic) bond motifs is 2. The molecule has 2 heterocycles. The molecule has 0 bridgehead atoms. The summed E-state index contributed by atoms with van der Waals surface area (Å²) in [6.45, 7) is 0. The van der Waals surface area contributed by atoms with Crippen LogP contribution in [0.5, 0.6) is 0 Å². The minimum atomic E-state index is 0.0726. The molecular weight excluding hydrogens is 196 g/mol. The Labute approximate surface area is 83.4 Å². The monoisotopic (exact) mass is 202 g/mol. The van der Waals surface area contributed by atoms with Crippen LogP contribution in [0.15, 0.2) is 45.8 Å². The molecule has 68 valence electrons. The maximum absolute atomic E-state index is 11.1. The quantitative estimate of drug-likeness (QED) is 0.561. The Morgan fingerprint density at radius 3 is 2.93 bits per heavy atom. The molecule has 0 atom stereocenters. The van der Waals surface area contributed by atoms with Gasteiger partial charge in [-0.3, -0.25) is 4.79 Å². The fraction of sp³-hybridized carbons (Fsp3) is 0. The SMILES string of the molecule is O=c1ccc2cc3ccoc3cc2s1. The third kappa shape index (κ3) is 1.06. The normalized spacial score (nSPS) is 11.1. The van der Waals surface area contributed by atoms with Crippen molar-refractivity contribution in [2.75, 3.05) is 0 Å². The highest BCUT2D eigenvalue weighted by Crippen LogP contribution is 2.24. The first-order valence-electron chi connectivity index (χ1n) is 4.24. The Morgan fingerprint density at radius 1 is 1.07 bits per heavy atom. The molecule has 0 amide bonds. The summed E-state index contributed by atoms with van der Waals surface area (Å²) in [5.74, 6) is 0. The molecule has 0 aliphatic carbocycles. The zero-order chi connectivity index (χ0) is 9.54. The lowest BCUT2D eigenvalue weighted by atomic mass is 10.2. The standard InChI is InChI=1S/C11H6O2S/c12-11-2-1-8-5-7-3-4-13-9(7)6-10(8)14-11/h1-6H. The first-order valence-corrected chi connectivity index (χ1v) is 5.06. The Hall–Kier alpha value is -1.61. The van der Waals surface area contributed by atoms with Crippen LogP contribution in [0, 0.1) is 0 Å². The van der Waals surface area contributed by atoms with Gasteiger partial charge in [0.1, 0.15) is 5.58 Å². The molecule has 0 N–H and O–H groups in total. The van der Waals surface area contributed by atoms with Crippen LogP contribution in [-0.4, -0.2) is 0 Å². The summed E-state index contributed by atoms with van der Waals surface area (Å²) in [6.07, 6.45) is 1.66. The van der Waals surface area contributed by atoms with Gasteiger partial charge in [0, 0.05) is 10.1 Å². The lowest BCUT2D eigenvalue weighted by Crippen LogP contribution is -1.88. The van der Waals surface area contributed by atoms with Gasteiger partial charge in [0.05, 0.1) is 6.26 Å². The van der Waals surface area contributed by atoms with Gasteiger partial charge in [0.15, 0.2) is 0 Å². The van der Waals surface area contributed by atoms with Crippen molar-refractivity contribution in [1.29, 1.82) is 0 Å². The number of hydrogen-bond acceptors (Lipinski definition) is 3. The third-order valence-electron chi connectivity index (χ3n) is 2.19. The summed E-state index contributed by atoms with van der Waals surface area (Å²) in [5, 5.41) is 2.16. The van der Waals surface area contributed by atoms with Crippen molar-refractivity contribution >= 4 is 32.4 Å². The van der Waals surface area contributed by atoms with Crippen LogP contribution < -0.4 is 4.74 Å². The highest BCUT2D eigenvalue weighted by Gasteiger charge is 2.00. The average molecular weight is 202 g/mol. The molecule has 3 rings (SSSR count). The minimum Gasteiger partial charge on any atom is -0.464 e. The van der Waals surface area contributed by atoms with Crippen LogP contribution in [0.3, 0.4) is 0 Å². The molecule has 0 aliphatic rings. The van der Waals surface area contributed by atoms with E-state index in [1.165, 1.54) is 11.3 Å². The largest absolute Gasteiger partial charge is 0.464 e. The van der Waals surface area contributed by atoms with Crippen molar-refractivity contribution in [1.82, 2.24) is 0 Å². The smallest absolute Gasteiger partial charge is 0.232 e. The molecule has 0 radical (unpaired) electrons. The van der Waals surface area contributed by atoms with Crippen molar-refractivity contribution in [2.24, 2.45) is 0 Å². The molecule has 3 aromatic rings. The Kier molecular flexibility index (Phi) is 1.49. The van der Waals surface area contributed by atoms with Gasteiger partial charge in [-0.25, -0.2) is 0 Å². The fourth-order valence-corrected chi connectivity index (χ4v) is 2.29. The van der Waals surface area contributed by atoms with E-state index in [1.807, 2.05) is 24.3 Å². The lowest BCUT2D eigenvalue weighted by molar-refractivity contribution is 0.616. The van der Waals surface area contributed by atoms with Crippen LogP contribution in [-0.2, 0) is 0 Å². The van der Waals surface area contributed by atoms with Crippen molar-refractivity contribution in [3.8, 4) is 0 Å². The highest BCUT2D eigenvalue weighted by molar-refractivity contribution is 7.16. The van der Waals surface area contributed by atoms with Gasteiger partial charge in [-0.1, -0.05) is 11.3 Å². The molecule has 0 saturated carbocycles. The second kappa shape index (κ2) is 2.69. The number of benzene rings is 1. The van der Waals surface area contributed by atoms with Gasteiger partial charge in [-0.05, 0) is 35.7 Å². The second-order valence-electron chi connectivity index (χ2n) is 3.10. The molecule has 2 nitrogen and oxygen atoms in total. The number of rotatable bonds is 0. The lowest BCUT2D eigenvalue weighted by Gasteiger charge is -1.94. The van der Waals surface area contributed by atoms with E-state index in [0.29, 0.717) is 0 Å². The van der Waals surface area contributed by atoms with Crippen LogP contribution in [0.2, 0.25) is 0 Å². The Morgan fingerprint density at radius 2 is 2.00 bits per heavy atom. The molecular formula is C11H6O2S. The summed E-state index contributed by atoms with van der Waals surface area (Å²) in [6, 6.07) is 9.31. The molecule has 0 unspecified atom stereocenters. The van der Waals surface area contributed by atoms with E-state index in [4.69, 9.17) is 4.42 Å². The van der Waals surface area contributed by atoms with Crippen molar-refractivity contribution in [3.05, 3.63) is 46.1 Å². The van der Waals surface area contributed by atoms with Gasteiger partial charge >= 0.3 is 0 Å². The summed E-state index contributed by atoms with van der Waals surface area (Å²) in [5.41, 5.74) is 0.833.